The van der Waals surface area contributed by atoms with Gasteiger partial charge in [-0.15, -0.1) is 0 Å². The van der Waals surface area contributed by atoms with Gasteiger partial charge in [-0.05, 0) is 44.5 Å². The van der Waals surface area contributed by atoms with Gasteiger partial charge in [0, 0.05) is 13.1 Å². The highest BCUT2D eigenvalue weighted by Gasteiger charge is 2.37. The van der Waals surface area contributed by atoms with E-state index in [0.717, 1.165) is 9.87 Å². The minimum Gasteiger partial charge on any atom is -0.491 e. The largest absolute Gasteiger partial charge is 0.491 e. The highest BCUT2D eigenvalue weighted by molar-refractivity contribution is 7.89. The van der Waals surface area contributed by atoms with Crippen LogP contribution in [0.4, 0.5) is 0 Å². The van der Waals surface area contributed by atoms with E-state index < -0.39 is 22.2 Å². The molecule has 7 heteroatoms. The van der Waals surface area contributed by atoms with Crippen LogP contribution in [-0.4, -0.2) is 54.3 Å². The highest BCUT2D eigenvalue weighted by Crippen LogP contribution is 2.26. The minimum absolute atomic E-state index is 0.00929. The molecule has 2 N–H and O–H groups in total. The molecule has 0 bridgehead atoms. The Labute approximate surface area is 125 Å². The molecule has 1 aromatic rings. The molecule has 2 rings (SSSR count). The number of aliphatic hydroxyl groups excluding tert-OH is 2. The summed E-state index contributed by atoms with van der Waals surface area (Å²) in [5.74, 6) is 0.644. The number of aliphatic hydroxyl groups is 2. The van der Waals surface area contributed by atoms with Crippen molar-refractivity contribution in [2.24, 2.45) is 0 Å². The molecule has 0 amide bonds. The third-order valence-corrected chi connectivity index (χ3v) is 5.20. The number of benzene rings is 1. The fraction of sp³-hybridized carbons (Fsp3) is 0.571. The first-order valence-corrected chi connectivity index (χ1v) is 8.29. The lowest BCUT2D eigenvalue weighted by molar-refractivity contribution is 0.0572. The second kappa shape index (κ2) is 5.92. The van der Waals surface area contributed by atoms with Crippen LogP contribution in [0.2, 0.25) is 0 Å². The Balaban J connectivity index is 2.27. The number of ether oxygens (including phenoxy) is 1. The van der Waals surface area contributed by atoms with E-state index in [9.17, 15) is 18.6 Å². The molecule has 1 aliphatic rings. The van der Waals surface area contributed by atoms with Crippen molar-refractivity contribution in [3.8, 4) is 5.75 Å². The second-order valence-corrected chi connectivity index (χ2v) is 7.49. The normalized spacial score (nSPS) is 23.7. The van der Waals surface area contributed by atoms with Crippen LogP contribution in [0.15, 0.2) is 23.1 Å². The molecule has 1 heterocycles. The van der Waals surface area contributed by atoms with Crippen LogP contribution < -0.4 is 4.74 Å². The molecular weight excluding hydrogens is 294 g/mol. The summed E-state index contributed by atoms with van der Waals surface area (Å²) in [6.45, 7) is 5.40. The summed E-state index contributed by atoms with van der Waals surface area (Å²) in [4.78, 5) is 0.136. The minimum atomic E-state index is -3.71. The molecule has 21 heavy (non-hydrogen) atoms. The molecule has 1 fully saturated rings. The van der Waals surface area contributed by atoms with Gasteiger partial charge in [0.15, 0.2) is 0 Å². The number of hydrogen-bond acceptors (Lipinski definition) is 5. The maximum Gasteiger partial charge on any atom is 0.243 e. The van der Waals surface area contributed by atoms with Gasteiger partial charge in [0.2, 0.25) is 10.0 Å². The predicted molar refractivity (Wildman–Crippen MR) is 77.7 cm³/mol. The molecule has 1 aromatic carbocycles. The number of aryl methyl sites for hydroxylation is 1. The molecule has 118 valence electrons. The number of β-amino-alcohol motifs (C(OH)–C–C–N with tert-alkyl or cyclic N) is 2. The molecule has 1 aliphatic heterocycles. The third-order valence-electron chi connectivity index (χ3n) is 3.37. The first-order chi connectivity index (χ1) is 9.71. The van der Waals surface area contributed by atoms with E-state index in [4.69, 9.17) is 4.74 Å². The molecule has 0 unspecified atom stereocenters. The average Bonchev–Trinajstić information content (AvgIpc) is 2.72. The molecule has 0 aromatic heterocycles. The lowest BCUT2D eigenvalue weighted by Gasteiger charge is -2.17. The van der Waals surface area contributed by atoms with Crippen LogP contribution in [0, 0.1) is 6.92 Å². The van der Waals surface area contributed by atoms with Crippen molar-refractivity contribution in [3.63, 3.8) is 0 Å². The zero-order valence-electron chi connectivity index (χ0n) is 12.4. The molecule has 0 aliphatic carbocycles. The second-order valence-electron chi connectivity index (χ2n) is 5.55. The van der Waals surface area contributed by atoms with Crippen molar-refractivity contribution in [1.82, 2.24) is 4.31 Å². The zero-order valence-corrected chi connectivity index (χ0v) is 13.2. The van der Waals surface area contributed by atoms with E-state index in [1.807, 2.05) is 13.8 Å². The Hall–Kier alpha value is -1.15. The van der Waals surface area contributed by atoms with E-state index in [1.54, 1.807) is 19.1 Å². The van der Waals surface area contributed by atoms with Crippen molar-refractivity contribution in [3.05, 3.63) is 23.8 Å². The Morgan fingerprint density at radius 2 is 1.81 bits per heavy atom. The standard InChI is InChI=1S/C14H21NO5S/c1-9(2)20-14-5-4-11(6-10(14)3)21(18,19)15-7-12(16)13(17)8-15/h4-6,9,12-13,16-17H,7-8H2,1-3H3/t12-,13+. The van der Waals surface area contributed by atoms with Gasteiger partial charge < -0.3 is 14.9 Å². The molecule has 2 atom stereocenters. The maximum absolute atomic E-state index is 12.5. The summed E-state index contributed by atoms with van der Waals surface area (Å²) in [6, 6.07) is 4.66. The lowest BCUT2D eigenvalue weighted by atomic mass is 10.2. The van der Waals surface area contributed by atoms with E-state index >= 15 is 0 Å². The van der Waals surface area contributed by atoms with Gasteiger partial charge in [-0.2, -0.15) is 4.31 Å². The average molecular weight is 315 g/mol. The number of sulfonamides is 1. The summed E-state index contributed by atoms with van der Waals surface area (Å²) in [5.41, 5.74) is 0.727. The summed E-state index contributed by atoms with van der Waals surface area (Å²) in [6.07, 6.45) is -2.07. The van der Waals surface area contributed by atoms with Gasteiger partial charge >= 0.3 is 0 Å². The zero-order chi connectivity index (χ0) is 15.8. The smallest absolute Gasteiger partial charge is 0.243 e. The van der Waals surface area contributed by atoms with Gasteiger partial charge in [-0.3, -0.25) is 0 Å². The van der Waals surface area contributed by atoms with E-state index in [1.165, 1.54) is 6.07 Å². The fourth-order valence-corrected chi connectivity index (χ4v) is 3.81. The Morgan fingerprint density at radius 1 is 1.24 bits per heavy atom. The summed E-state index contributed by atoms with van der Waals surface area (Å²) in [5, 5.41) is 19.0. The number of hydrogen-bond donors (Lipinski definition) is 2. The van der Waals surface area contributed by atoms with E-state index in [2.05, 4.69) is 0 Å². The fourth-order valence-electron chi connectivity index (χ4n) is 2.25. The van der Waals surface area contributed by atoms with Crippen LogP contribution >= 0.6 is 0 Å². The Kier molecular flexibility index (Phi) is 4.57. The van der Waals surface area contributed by atoms with Gasteiger partial charge in [0.1, 0.15) is 5.75 Å². The van der Waals surface area contributed by atoms with Crippen LogP contribution in [0.3, 0.4) is 0 Å². The van der Waals surface area contributed by atoms with Crippen molar-refractivity contribution in [2.75, 3.05) is 13.1 Å². The van der Waals surface area contributed by atoms with Gasteiger partial charge in [-0.1, -0.05) is 0 Å². The summed E-state index contributed by atoms with van der Waals surface area (Å²) >= 11 is 0. The quantitative estimate of drug-likeness (QED) is 0.845. The maximum atomic E-state index is 12.5. The van der Waals surface area contributed by atoms with Crippen LogP contribution in [-0.2, 0) is 10.0 Å². The highest BCUT2D eigenvalue weighted by atomic mass is 32.2. The van der Waals surface area contributed by atoms with E-state index in [0.29, 0.717) is 5.75 Å². The van der Waals surface area contributed by atoms with Crippen LogP contribution in [0.1, 0.15) is 19.4 Å². The monoisotopic (exact) mass is 315 g/mol. The van der Waals surface area contributed by atoms with Crippen molar-refractivity contribution in [1.29, 1.82) is 0 Å². The van der Waals surface area contributed by atoms with Crippen molar-refractivity contribution >= 4 is 10.0 Å². The first-order valence-electron chi connectivity index (χ1n) is 6.85. The van der Waals surface area contributed by atoms with Gasteiger partial charge in [0.25, 0.3) is 0 Å². The molecule has 0 radical (unpaired) electrons. The topological polar surface area (TPSA) is 87.1 Å². The molecular formula is C14H21NO5S. The molecule has 1 saturated heterocycles. The SMILES string of the molecule is Cc1cc(S(=O)(=O)N2C[C@@H](O)[C@@H](O)C2)ccc1OC(C)C. The third kappa shape index (κ3) is 3.37. The predicted octanol–water partition coefficient (Wildman–Crippen LogP) is 0.508. The lowest BCUT2D eigenvalue weighted by Crippen LogP contribution is -2.30. The molecule has 0 saturated carbocycles. The Bertz CT molecular complexity index is 604. The van der Waals surface area contributed by atoms with Gasteiger partial charge in [0.05, 0.1) is 23.2 Å². The van der Waals surface area contributed by atoms with E-state index in [-0.39, 0.29) is 24.1 Å². The summed E-state index contributed by atoms with van der Waals surface area (Å²) < 4.78 is 31.6. The Morgan fingerprint density at radius 3 is 2.29 bits per heavy atom. The number of nitrogens with zero attached hydrogens (tertiary/aromatic N) is 1. The summed E-state index contributed by atoms with van der Waals surface area (Å²) in [7, 11) is -3.71. The first kappa shape index (κ1) is 16.2. The molecule has 0 spiro atoms. The van der Waals surface area contributed by atoms with Gasteiger partial charge in [-0.25, -0.2) is 8.42 Å². The van der Waals surface area contributed by atoms with Crippen molar-refractivity contribution in [2.45, 2.75) is 44.0 Å². The van der Waals surface area contributed by atoms with Crippen molar-refractivity contribution < 1.29 is 23.4 Å². The van der Waals surface area contributed by atoms with Crippen LogP contribution in [0.25, 0.3) is 0 Å². The number of rotatable bonds is 4. The molecule has 6 nitrogen and oxygen atoms in total. The van der Waals surface area contributed by atoms with Crippen LogP contribution in [0.5, 0.6) is 5.75 Å².